The number of hydrogen-bond donors (Lipinski definition) is 1. The van der Waals surface area contributed by atoms with Gasteiger partial charge in [-0.05, 0) is 35.4 Å². The smallest absolute Gasteiger partial charge is 0.128 e. The van der Waals surface area contributed by atoms with Gasteiger partial charge in [-0.3, -0.25) is 0 Å². The van der Waals surface area contributed by atoms with E-state index in [1.807, 2.05) is 24.3 Å². The molecule has 3 nitrogen and oxygen atoms in total. The van der Waals surface area contributed by atoms with Gasteiger partial charge in [0.1, 0.15) is 11.6 Å². The quantitative estimate of drug-likeness (QED) is 0.881. The minimum absolute atomic E-state index is 0.219. The predicted octanol–water partition coefficient (Wildman–Crippen LogP) is 3.01. The first-order valence-corrected chi connectivity index (χ1v) is 6.41. The third-order valence-corrected chi connectivity index (χ3v) is 3.01. The van der Waals surface area contributed by atoms with Crippen LogP contribution in [0.4, 0.5) is 4.39 Å². The molecule has 0 aliphatic carbocycles. The molecule has 2 aromatic rings. The summed E-state index contributed by atoms with van der Waals surface area (Å²) in [5.74, 6) is 0.509. The number of halogens is 1. The molecule has 0 amide bonds. The van der Waals surface area contributed by atoms with E-state index >= 15 is 0 Å². The summed E-state index contributed by atoms with van der Waals surface area (Å²) >= 11 is 0. The Balaban J connectivity index is 1.95. The van der Waals surface area contributed by atoms with Crippen LogP contribution < -0.4 is 10.5 Å². The molecular formula is C16H18FNO2. The Hall–Kier alpha value is -1.91. The molecule has 0 radical (unpaired) electrons. The maximum absolute atomic E-state index is 13.6. The van der Waals surface area contributed by atoms with Crippen LogP contribution in [0.2, 0.25) is 0 Å². The molecule has 2 rings (SSSR count). The molecule has 0 aliphatic rings. The van der Waals surface area contributed by atoms with Crippen LogP contribution in [-0.2, 0) is 24.5 Å². The highest BCUT2D eigenvalue weighted by Gasteiger charge is 2.04. The summed E-state index contributed by atoms with van der Waals surface area (Å²) in [5, 5.41) is 0. The summed E-state index contributed by atoms with van der Waals surface area (Å²) in [7, 11) is 1.62. The fourth-order valence-electron chi connectivity index (χ4n) is 1.91. The standard InChI is InChI=1S/C16H18FNO2/c1-19-15-4-2-3-13(8-15)10-20-11-14-7-12(9-18)5-6-16(14)17/h2-8H,9-11,18H2,1H3. The van der Waals surface area contributed by atoms with E-state index in [4.69, 9.17) is 15.2 Å². The molecule has 2 N–H and O–H groups in total. The Labute approximate surface area is 118 Å². The van der Waals surface area contributed by atoms with E-state index in [-0.39, 0.29) is 12.4 Å². The van der Waals surface area contributed by atoms with Gasteiger partial charge in [-0.2, -0.15) is 0 Å². The summed E-state index contributed by atoms with van der Waals surface area (Å²) in [6.07, 6.45) is 0. The zero-order valence-corrected chi connectivity index (χ0v) is 11.4. The van der Waals surface area contributed by atoms with Crippen LogP contribution in [0.5, 0.6) is 5.75 Å². The second-order valence-electron chi connectivity index (χ2n) is 4.47. The van der Waals surface area contributed by atoms with Crippen molar-refractivity contribution in [3.63, 3.8) is 0 Å². The minimum Gasteiger partial charge on any atom is -0.497 e. The molecule has 0 atom stereocenters. The number of benzene rings is 2. The average molecular weight is 275 g/mol. The third kappa shape index (κ3) is 3.79. The molecule has 0 aromatic heterocycles. The second kappa shape index (κ2) is 7.03. The number of methoxy groups -OCH3 is 1. The molecule has 0 unspecified atom stereocenters. The van der Waals surface area contributed by atoms with E-state index in [2.05, 4.69) is 0 Å². The predicted molar refractivity (Wildman–Crippen MR) is 75.8 cm³/mol. The van der Waals surface area contributed by atoms with Gasteiger partial charge in [0.2, 0.25) is 0 Å². The molecule has 0 spiro atoms. The Bertz CT molecular complexity index is 572. The van der Waals surface area contributed by atoms with Gasteiger partial charge in [0, 0.05) is 12.1 Å². The van der Waals surface area contributed by atoms with Crippen molar-refractivity contribution in [1.82, 2.24) is 0 Å². The lowest BCUT2D eigenvalue weighted by atomic mass is 10.1. The van der Waals surface area contributed by atoms with Crippen LogP contribution in [0.1, 0.15) is 16.7 Å². The summed E-state index contributed by atoms with van der Waals surface area (Å²) in [6.45, 7) is 1.02. The van der Waals surface area contributed by atoms with Crippen molar-refractivity contribution < 1.29 is 13.9 Å². The van der Waals surface area contributed by atoms with Crippen LogP contribution in [-0.4, -0.2) is 7.11 Å². The molecule has 4 heteroatoms. The lowest BCUT2D eigenvalue weighted by molar-refractivity contribution is 0.104. The summed E-state index contributed by atoms with van der Waals surface area (Å²) in [4.78, 5) is 0. The average Bonchev–Trinajstić information content (AvgIpc) is 2.49. The molecule has 0 saturated carbocycles. The molecule has 0 bridgehead atoms. The molecule has 0 aliphatic heterocycles. The van der Waals surface area contributed by atoms with Crippen LogP contribution in [0, 0.1) is 5.82 Å². The first-order chi connectivity index (χ1) is 9.72. The van der Waals surface area contributed by atoms with Crippen molar-refractivity contribution in [1.29, 1.82) is 0 Å². The normalized spacial score (nSPS) is 10.6. The minimum atomic E-state index is -0.271. The highest BCUT2D eigenvalue weighted by molar-refractivity contribution is 5.28. The summed E-state index contributed by atoms with van der Waals surface area (Å²) in [5.41, 5.74) is 7.95. The molecule has 0 saturated heterocycles. The van der Waals surface area contributed by atoms with E-state index < -0.39 is 0 Å². The lowest BCUT2D eigenvalue weighted by Crippen LogP contribution is -2.01. The van der Waals surface area contributed by atoms with Gasteiger partial charge in [-0.25, -0.2) is 4.39 Å². The fraction of sp³-hybridized carbons (Fsp3) is 0.250. The molecular weight excluding hydrogens is 257 g/mol. The second-order valence-corrected chi connectivity index (χ2v) is 4.47. The van der Waals surface area contributed by atoms with Crippen molar-refractivity contribution >= 4 is 0 Å². The van der Waals surface area contributed by atoms with Gasteiger partial charge in [0.25, 0.3) is 0 Å². The number of rotatable bonds is 6. The molecule has 0 fully saturated rings. The van der Waals surface area contributed by atoms with Crippen LogP contribution >= 0.6 is 0 Å². The van der Waals surface area contributed by atoms with Crippen molar-refractivity contribution in [2.24, 2.45) is 5.73 Å². The van der Waals surface area contributed by atoms with Crippen LogP contribution in [0.3, 0.4) is 0 Å². The molecule has 106 valence electrons. The lowest BCUT2D eigenvalue weighted by Gasteiger charge is -2.08. The van der Waals surface area contributed by atoms with E-state index in [9.17, 15) is 4.39 Å². The maximum Gasteiger partial charge on any atom is 0.128 e. The Morgan fingerprint density at radius 3 is 2.65 bits per heavy atom. The zero-order valence-electron chi connectivity index (χ0n) is 11.4. The molecule has 2 aromatic carbocycles. The summed E-state index contributed by atoms with van der Waals surface area (Å²) < 4.78 is 24.3. The van der Waals surface area contributed by atoms with E-state index in [0.717, 1.165) is 16.9 Å². The van der Waals surface area contributed by atoms with Gasteiger partial charge in [0.15, 0.2) is 0 Å². The topological polar surface area (TPSA) is 44.5 Å². The van der Waals surface area contributed by atoms with E-state index in [1.165, 1.54) is 6.07 Å². The van der Waals surface area contributed by atoms with Crippen LogP contribution in [0.25, 0.3) is 0 Å². The molecule has 0 heterocycles. The Morgan fingerprint density at radius 2 is 1.90 bits per heavy atom. The van der Waals surface area contributed by atoms with Crippen molar-refractivity contribution in [2.75, 3.05) is 7.11 Å². The highest BCUT2D eigenvalue weighted by atomic mass is 19.1. The number of ether oxygens (including phenoxy) is 2. The largest absolute Gasteiger partial charge is 0.497 e. The van der Waals surface area contributed by atoms with Gasteiger partial charge in [-0.1, -0.05) is 18.2 Å². The van der Waals surface area contributed by atoms with E-state index in [1.54, 1.807) is 19.2 Å². The monoisotopic (exact) mass is 275 g/mol. The Kier molecular flexibility index (Phi) is 5.09. The van der Waals surface area contributed by atoms with Crippen molar-refractivity contribution in [3.8, 4) is 5.75 Å². The zero-order chi connectivity index (χ0) is 14.4. The van der Waals surface area contributed by atoms with Gasteiger partial charge in [-0.15, -0.1) is 0 Å². The van der Waals surface area contributed by atoms with Crippen LogP contribution in [0.15, 0.2) is 42.5 Å². The number of hydrogen-bond acceptors (Lipinski definition) is 3. The van der Waals surface area contributed by atoms with Gasteiger partial charge in [0.05, 0.1) is 20.3 Å². The van der Waals surface area contributed by atoms with Gasteiger partial charge >= 0.3 is 0 Å². The molecule has 20 heavy (non-hydrogen) atoms. The van der Waals surface area contributed by atoms with E-state index in [0.29, 0.717) is 18.7 Å². The Morgan fingerprint density at radius 1 is 1.05 bits per heavy atom. The highest BCUT2D eigenvalue weighted by Crippen LogP contribution is 2.15. The fourth-order valence-corrected chi connectivity index (χ4v) is 1.91. The van der Waals surface area contributed by atoms with Gasteiger partial charge < -0.3 is 15.2 Å². The first-order valence-electron chi connectivity index (χ1n) is 6.41. The van der Waals surface area contributed by atoms with Crippen molar-refractivity contribution in [3.05, 3.63) is 65.0 Å². The first kappa shape index (κ1) is 14.5. The summed E-state index contributed by atoms with van der Waals surface area (Å²) in [6, 6.07) is 12.4. The van der Waals surface area contributed by atoms with Crippen molar-refractivity contribution in [2.45, 2.75) is 19.8 Å². The maximum atomic E-state index is 13.6. The SMILES string of the molecule is COc1cccc(COCc2cc(CN)ccc2F)c1. The number of nitrogens with two attached hydrogens (primary N) is 1. The third-order valence-electron chi connectivity index (χ3n) is 3.01.